The Labute approximate surface area is 223 Å². The molecule has 11 heteroatoms. The van der Waals surface area contributed by atoms with Crippen LogP contribution in [0.4, 0.5) is 11.4 Å². The van der Waals surface area contributed by atoms with E-state index < -0.39 is 10.2 Å². The Morgan fingerprint density at radius 3 is 2.59 bits per heavy atom. The minimum absolute atomic E-state index is 0.157. The van der Waals surface area contributed by atoms with E-state index in [1.54, 1.807) is 13.0 Å². The average Bonchev–Trinajstić information content (AvgIpc) is 3.28. The van der Waals surface area contributed by atoms with Gasteiger partial charge >= 0.3 is 0 Å². The Hall–Kier alpha value is -3.89. The second kappa shape index (κ2) is 11.0. The van der Waals surface area contributed by atoms with Crippen LogP contribution in [0, 0.1) is 24.0 Å². The van der Waals surface area contributed by atoms with Crippen LogP contribution in [-0.2, 0) is 4.79 Å². The largest absolute Gasteiger partial charge is 0.495 e. The molecule has 37 heavy (non-hydrogen) atoms. The highest BCUT2D eigenvalue weighted by Gasteiger charge is 2.25. The lowest BCUT2D eigenvalue weighted by Gasteiger charge is -2.17. The number of amides is 1. The minimum Gasteiger partial charge on any atom is -0.495 e. The zero-order valence-corrected chi connectivity index (χ0v) is 22.1. The van der Waals surface area contributed by atoms with E-state index >= 15 is 0 Å². The summed E-state index contributed by atoms with van der Waals surface area (Å²) in [6.07, 6.45) is 0. The molecule has 0 aliphatic carbocycles. The van der Waals surface area contributed by atoms with Gasteiger partial charge in [-0.05, 0) is 56.2 Å². The molecule has 3 aromatic carbocycles. The number of nitro groups is 1. The number of aryl methyl sites for hydroxylation is 2. The van der Waals surface area contributed by atoms with Crippen LogP contribution in [0.1, 0.15) is 18.1 Å². The molecule has 0 radical (unpaired) electrons. The van der Waals surface area contributed by atoms with Crippen molar-refractivity contribution in [2.24, 2.45) is 0 Å². The van der Waals surface area contributed by atoms with Gasteiger partial charge in [0.15, 0.2) is 11.0 Å². The third kappa shape index (κ3) is 5.60. The van der Waals surface area contributed by atoms with Crippen LogP contribution in [0.5, 0.6) is 5.75 Å². The van der Waals surface area contributed by atoms with E-state index in [0.29, 0.717) is 27.3 Å². The number of aromatic nitrogens is 3. The molecule has 1 amide bonds. The summed E-state index contributed by atoms with van der Waals surface area (Å²) in [5.41, 5.74) is 3.69. The van der Waals surface area contributed by atoms with Crippen LogP contribution in [0.2, 0.25) is 5.02 Å². The number of nitrogens with zero attached hydrogens (tertiary/aromatic N) is 4. The molecular weight excluding hydrogens is 514 g/mol. The molecule has 0 spiro atoms. The number of carbonyl (C=O) groups is 1. The molecule has 190 valence electrons. The maximum Gasteiger partial charge on any atom is 0.271 e. The van der Waals surface area contributed by atoms with Crippen molar-refractivity contribution < 1.29 is 14.5 Å². The lowest BCUT2D eigenvalue weighted by molar-refractivity contribution is -0.384. The predicted molar refractivity (Wildman–Crippen MR) is 145 cm³/mol. The number of thioether (sulfide) groups is 1. The van der Waals surface area contributed by atoms with Gasteiger partial charge in [0.25, 0.3) is 5.69 Å². The number of methoxy groups -OCH3 is 1. The summed E-state index contributed by atoms with van der Waals surface area (Å²) in [5.74, 6) is 0.490. The number of nitrogens with one attached hydrogen (secondary N) is 1. The van der Waals surface area contributed by atoms with Crippen LogP contribution in [0.3, 0.4) is 0 Å². The normalized spacial score (nSPS) is 11.7. The molecular formula is C26H24ClN5O4S. The molecule has 0 aliphatic rings. The highest BCUT2D eigenvalue weighted by molar-refractivity contribution is 8.00. The molecule has 1 aromatic heterocycles. The summed E-state index contributed by atoms with van der Waals surface area (Å²) in [6, 6.07) is 17.5. The van der Waals surface area contributed by atoms with Crippen LogP contribution in [-0.4, -0.2) is 38.0 Å². The second-order valence-corrected chi connectivity index (χ2v) is 10.0. The average molecular weight is 538 g/mol. The first-order valence-electron chi connectivity index (χ1n) is 11.3. The van der Waals surface area contributed by atoms with Crippen molar-refractivity contribution in [3.63, 3.8) is 0 Å². The van der Waals surface area contributed by atoms with E-state index in [-0.39, 0.29) is 17.3 Å². The van der Waals surface area contributed by atoms with E-state index in [2.05, 4.69) is 15.5 Å². The van der Waals surface area contributed by atoms with E-state index in [1.807, 2.05) is 54.8 Å². The van der Waals surface area contributed by atoms with Gasteiger partial charge < -0.3 is 10.1 Å². The number of anilines is 1. The lowest BCUT2D eigenvalue weighted by atomic mass is 10.1. The maximum atomic E-state index is 13.1. The molecule has 1 heterocycles. The van der Waals surface area contributed by atoms with Gasteiger partial charge in [-0.2, -0.15) is 0 Å². The predicted octanol–water partition coefficient (Wildman–Crippen LogP) is 6.24. The maximum absolute atomic E-state index is 13.1. The number of benzene rings is 3. The van der Waals surface area contributed by atoms with Crippen LogP contribution in [0.15, 0.2) is 65.8 Å². The molecule has 0 fully saturated rings. The van der Waals surface area contributed by atoms with Gasteiger partial charge in [-0.1, -0.05) is 47.6 Å². The standard InChI is InChI=1S/C26H24ClN5O4S/c1-15-9-10-16(2)22(13-15)31-24(19-7-5-6-8-20(19)27)29-30-26(31)37-17(3)25(33)28-21-14-18(32(34)35)11-12-23(21)36-4/h5-14,17H,1-4H3,(H,28,33). The quantitative estimate of drug-likeness (QED) is 0.161. The third-order valence-corrected chi connectivity index (χ3v) is 7.03. The SMILES string of the molecule is COc1ccc([N+](=O)[O-])cc1NC(=O)C(C)Sc1nnc(-c2ccccc2Cl)n1-c1cc(C)ccc1C. The van der Waals surface area contributed by atoms with E-state index in [1.165, 1.54) is 37.1 Å². The third-order valence-electron chi connectivity index (χ3n) is 5.66. The number of hydrogen-bond acceptors (Lipinski definition) is 7. The summed E-state index contributed by atoms with van der Waals surface area (Å²) in [5, 5.41) is 23.2. The van der Waals surface area contributed by atoms with Crippen LogP contribution >= 0.6 is 23.4 Å². The second-order valence-electron chi connectivity index (χ2n) is 8.30. The summed E-state index contributed by atoms with van der Waals surface area (Å²) < 4.78 is 7.16. The molecule has 1 unspecified atom stereocenters. The fourth-order valence-electron chi connectivity index (χ4n) is 3.69. The number of rotatable bonds is 8. The Bertz CT molecular complexity index is 1490. The minimum atomic E-state index is -0.629. The molecule has 0 aliphatic heterocycles. The van der Waals surface area contributed by atoms with Gasteiger partial charge in [0.05, 0.1) is 33.7 Å². The van der Waals surface area contributed by atoms with Gasteiger partial charge in [-0.25, -0.2) is 0 Å². The Balaban J connectivity index is 1.70. The number of carbonyl (C=O) groups excluding carboxylic acids is 1. The Morgan fingerprint density at radius 2 is 1.89 bits per heavy atom. The van der Waals surface area contributed by atoms with Crippen molar-refractivity contribution in [3.05, 3.63) is 86.9 Å². The van der Waals surface area contributed by atoms with Crippen molar-refractivity contribution in [3.8, 4) is 22.8 Å². The van der Waals surface area contributed by atoms with Crippen molar-refractivity contribution in [1.29, 1.82) is 0 Å². The topological polar surface area (TPSA) is 112 Å². The highest BCUT2D eigenvalue weighted by atomic mass is 35.5. The Kier molecular flexibility index (Phi) is 7.80. The van der Waals surface area contributed by atoms with Crippen molar-refractivity contribution >= 4 is 40.6 Å². The summed E-state index contributed by atoms with van der Waals surface area (Å²) in [7, 11) is 1.43. The first-order valence-corrected chi connectivity index (χ1v) is 12.5. The van der Waals surface area contributed by atoms with Gasteiger partial charge in [-0.3, -0.25) is 19.5 Å². The molecule has 4 rings (SSSR count). The molecule has 0 saturated carbocycles. The molecule has 4 aromatic rings. The summed E-state index contributed by atoms with van der Waals surface area (Å²) in [6.45, 7) is 5.71. The van der Waals surface area contributed by atoms with Crippen LogP contribution < -0.4 is 10.1 Å². The number of halogens is 1. The zero-order valence-electron chi connectivity index (χ0n) is 20.6. The monoisotopic (exact) mass is 537 g/mol. The smallest absolute Gasteiger partial charge is 0.271 e. The van der Waals surface area contributed by atoms with E-state index in [4.69, 9.17) is 16.3 Å². The fourth-order valence-corrected chi connectivity index (χ4v) is 4.77. The number of ether oxygens (including phenoxy) is 1. The van der Waals surface area contributed by atoms with Crippen molar-refractivity contribution in [1.82, 2.24) is 14.8 Å². The first-order chi connectivity index (χ1) is 17.7. The van der Waals surface area contributed by atoms with Gasteiger partial charge in [0, 0.05) is 17.7 Å². The van der Waals surface area contributed by atoms with Gasteiger partial charge in [0.2, 0.25) is 5.91 Å². The van der Waals surface area contributed by atoms with E-state index in [9.17, 15) is 14.9 Å². The summed E-state index contributed by atoms with van der Waals surface area (Å²) >= 11 is 7.71. The van der Waals surface area contributed by atoms with E-state index in [0.717, 1.165) is 16.8 Å². The zero-order chi connectivity index (χ0) is 26.7. The van der Waals surface area contributed by atoms with Crippen LogP contribution in [0.25, 0.3) is 17.1 Å². The molecule has 1 atom stereocenters. The number of non-ortho nitro benzene ring substituents is 1. The van der Waals surface area contributed by atoms with Crippen molar-refractivity contribution in [2.75, 3.05) is 12.4 Å². The molecule has 9 nitrogen and oxygen atoms in total. The van der Waals surface area contributed by atoms with Gasteiger partial charge in [0.1, 0.15) is 5.75 Å². The Morgan fingerprint density at radius 1 is 1.14 bits per heavy atom. The molecule has 0 bridgehead atoms. The van der Waals surface area contributed by atoms with Crippen molar-refractivity contribution in [2.45, 2.75) is 31.2 Å². The van der Waals surface area contributed by atoms with Gasteiger partial charge in [-0.15, -0.1) is 10.2 Å². The lowest BCUT2D eigenvalue weighted by Crippen LogP contribution is -2.23. The number of nitro benzene ring substituents is 1. The number of hydrogen-bond donors (Lipinski definition) is 1. The molecule has 1 N–H and O–H groups in total. The first kappa shape index (κ1) is 26.2. The molecule has 0 saturated heterocycles. The summed E-state index contributed by atoms with van der Waals surface area (Å²) in [4.78, 5) is 23.8. The highest BCUT2D eigenvalue weighted by Crippen LogP contribution is 2.35. The fraction of sp³-hybridized carbons (Fsp3) is 0.192.